The van der Waals surface area contributed by atoms with Crippen LogP contribution in [0.1, 0.15) is 23.0 Å². The molecule has 24 heavy (non-hydrogen) atoms. The molecule has 6 heteroatoms. The average molecular weight is 347 g/mol. The molecule has 0 aliphatic carbocycles. The standard InChI is InChI=1S/C18H16ClFN2O2/c1-3-24-18(23)17-9-12-15(6-10(2)7-16(12)22-17)21-11-4-5-14(20)13(19)8-11/h4-9,21-22H,3H2,1-2H3. The zero-order chi connectivity index (χ0) is 17.3. The van der Waals surface area contributed by atoms with Gasteiger partial charge in [-0.3, -0.25) is 0 Å². The summed E-state index contributed by atoms with van der Waals surface area (Å²) < 4.78 is 18.3. The number of nitrogens with one attached hydrogen (secondary N) is 2. The first-order chi connectivity index (χ1) is 11.5. The van der Waals surface area contributed by atoms with E-state index in [2.05, 4.69) is 10.3 Å². The fourth-order valence-corrected chi connectivity index (χ4v) is 2.71. The minimum Gasteiger partial charge on any atom is -0.461 e. The first-order valence-corrected chi connectivity index (χ1v) is 7.88. The van der Waals surface area contributed by atoms with Crippen molar-refractivity contribution in [1.29, 1.82) is 0 Å². The third-order valence-corrected chi connectivity index (χ3v) is 3.87. The predicted molar refractivity (Wildman–Crippen MR) is 93.7 cm³/mol. The van der Waals surface area contributed by atoms with E-state index in [-0.39, 0.29) is 5.02 Å². The Hall–Kier alpha value is -2.53. The van der Waals surface area contributed by atoms with Crippen LogP contribution in [-0.4, -0.2) is 17.6 Å². The number of hydrogen-bond acceptors (Lipinski definition) is 3. The molecule has 3 rings (SSSR count). The minimum atomic E-state index is -0.470. The van der Waals surface area contributed by atoms with E-state index in [9.17, 15) is 9.18 Å². The highest BCUT2D eigenvalue weighted by atomic mass is 35.5. The Morgan fingerprint density at radius 2 is 2.08 bits per heavy atom. The van der Waals surface area contributed by atoms with Crippen LogP contribution in [0.4, 0.5) is 15.8 Å². The molecule has 0 spiro atoms. The Labute approximate surface area is 143 Å². The molecule has 2 aromatic carbocycles. The van der Waals surface area contributed by atoms with Crippen molar-refractivity contribution in [3.63, 3.8) is 0 Å². The summed E-state index contributed by atoms with van der Waals surface area (Å²) in [6.07, 6.45) is 0. The van der Waals surface area contributed by atoms with Gasteiger partial charge in [0.25, 0.3) is 0 Å². The number of ether oxygens (including phenoxy) is 1. The van der Waals surface area contributed by atoms with Crippen LogP contribution in [-0.2, 0) is 4.74 Å². The normalized spacial score (nSPS) is 10.8. The Morgan fingerprint density at radius 1 is 1.29 bits per heavy atom. The van der Waals surface area contributed by atoms with E-state index in [1.54, 1.807) is 19.1 Å². The number of carbonyl (C=O) groups excluding carboxylic acids is 1. The third kappa shape index (κ3) is 3.21. The molecule has 124 valence electrons. The molecule has 0 bridgehead atoms. The zero-order valence-electron chi connectivity index (χ0n) is 13.2. The number of esters is 1. The lowest BCUT2D eigenvalue weighted by atomic mass is 10.1. The first-order valence-electron chi connectivity index (χ1n) is 7.50. The molecular weight excluding hydrogens is 331 g/mol. The number of aromatic nitrogens is 1. The lowest BCUT2D eigenvalue weighted by molar-refractivity contribution is 0.0520. The summed E-state index contributed by atoms with van der Waals surface area (Å²) in [5, 5.41) is 4.10. The van der Waals surface area contributed by atoms with Crippen molar-refractivity contribution in [3.05, 3.63) is 58.5 Å². The second-order valence-corrected chi connectivity index (χ2v) is 5.84. The maximum atomic E-state index is 13.3. The van der Waals surface area contributed by atoms with Gasteiger partial charge in [-0.15, -0.1) is 0 Å². The molecule has 0 aliphatic heterocycles. The summed E-state index contributed by atoms with van der Waals surface area (Å²) in [5.74, 6) is -0.870. The Kier molecular flexibility index (Phi) is 4.44. The SMILES string of the molecule is CCOC(=O)c1cc2c(Nc3ccc(F)c(Cl)c3)cc(C)cc2[nH]1. The highest BCUT2D eigenvalue weighted by Crippen LogP contribution is 2.30. The van der Waals surface area contributed by atoms with Crippen molar-refractivity contribution < 1.29 is 13.9 Å². The lowest BCUT2D eigenvalue weighted by Gasteiger charge is -2.09. The minimum absolute atomic E-state index is 0.0465. The lowest BCUT2D eigenvalue weighted by Crippen LogP contribution is -2.04. The monoisotopic (exact) mass is 346 g/mol. The van der Waals surface area contributed by atoms with Gasteiger partial charge in [0, 0.05) is 22.3 Å². The van der Waals surface area contributed by atoms with Gasteiger partial charge in [-0.1, -0.05) is 11.6 Å². The highest BCUT2D eigenvalue weighted by molar-refractivity contribution is 6.31. The summed E-state index contributed by atoms with van der Waals surface area (Å²) >= 11 is 5.83. The molecule has 0 atom stereocenters. The predicted octanol–water partition coefficient (Wildman–Crippen LogP) is 5.19. The maximum absolute atomic E-state index is 13.3. The molecular formula is C18H16ClFN2O2. The van der Waals surface area contributed by atoms with Gasteiger partial charge in [0.15, 0.2) is 0 Å². The van der Waals surface area contributed by atoms with Gasteiger partial charge in [-0.2, -0.15) is 0 Å². The van der Waals surface area contributed by atoms with Crippen LogP contribution in [0.3, 0.4) is 0 Å². The van der Waals surface area contributed by atoms with Crippen molar-refractivity contribution >= 4 is 39.8 Å². The van der Waals surface area contributed by atoms with E-state index in [0.29, 0.717) is 18.0 Å². The van der Waals surface area contributed by atoms with E-state index < -0.39 is 11.8 Å². The molecule has 0 fully saturated rings. The van der Waals surface area contributed by atoms with Gasteiger partial charge in [0.05, 0.1) is 11.6 Å². The number of carbonyl (C=O) groups is 1. The molecule has 0 radical (unpaired) electrons. The maximum Gasteiger partial charge on any atom is 0.354 e. The van der Waals surface area contributed by atoms with Crippen molar-refractivity contribution in [2.45, 2.75) is 13.8 Å². The number of fused-ring (bicyclic) bond motifs is 1. The number of hydrogen-bond donors (Lipinski definition) is 2. The molecule has 0 saturated heterocycles. The van der Waals surface area contributed by atoms with E-state index in [4.69, 9.17) is 16.3 Å². The van der Waals surface area contributed by atoms with Crippen LogP contribution in [0.5, 0.6) is 0 Å². The van der Waals surface area contributed by atoms with Crippen molar-refractivity contribution in [1.82, 2.24) is 4.98 Å². The van der Waals surface area contributed by atoms with Gasteiger partial charge in [-0.05, 0) is 55.8 Å². The molecule has 0 saturated carbocycles. The Balaban J connectivity index is 2.03. The number of aromatic amines is 1. The van der Waals surface area contributed by atoms with Crippen molar-refractivity contribution in [2.75, 3.05) is 11.9 Å². The quantitative estimate of drug-likeness (QED) is 0.639. The molecule has 0 aliphatic rings. The van der Waals surface area contributed by atoms with Crippen molar-refractivity contribution in [3.8, 4) is 0 Å². The fourth-order valence-electron chi connectivity index (χ4n) is 2.53. The number of rotatable bonds is 4. The molecule has 1 heterocycles. The van der Waals surface area contributed by atoms with E-state index in [1.165, 1.54) is 12.1 Å². The smallest absolute Gasteiger partial charge is 0.354 e. The number of H-pyrrole nitrogens is 1. The van der Waals surface area contributed by atoms with E-state index in [0.717, 1.165) is 22.2 Å². The molecule has 1 aromatic heterocycles. The van der Waals surface area contributed by atoms with Crippen LogP contribution in [0.25, 0.3) is 10.9 Å². The molecule has 3 aromatic rings. The summed E-state index contributed by atoms with van der Waals surface area (Å²) in [7, 11) is 0. The van der Waals surface area contributed by atoms with Crippen LogP contribution in [0.15, 0.2) is 36.4 Å². The van der Waals surface area contributed by atoms with Gasteiger partial charge in [-0.25, -0.2) is 9.18 Å². The van der Waals surface area contributed by atoms with E-state index in [1.807, 2.05) is 19.1 Å². The Bertz CT molecular complexity index is 921. The topological polar surface area (TPSA) is 54.1 Å². The summed E-state index contributed by atoms with van der Waals surface area (Å²) in [4.78, 5) is 15.0. The third-order valence-electron chi connectivity index (χ3n) is 3.58. The second kappa shape index (κ2) is 6.53. The fraction of sp³-hybridized carbons (Fsp3) is 0.167. The van der Waals surface area contributed by atoms with Crippen LogP contribution in [0, 0.1) is 12.7 Å². The average Bonchev–Trinajstić information content (AvgIpc) is 2.95. The zero-order valence-corrected chi connectivity index (χ0v) is 14.0. The summed E-state index contributed by atoms with van der Waals surface area (Å²) in [5.41, 5.74) is 3.66. The largest absolute Gasteiger partial charge is 0.461 e. The van der Waals surface area contributed by atoms with Gasteiger partial charge in [0.1, 0.15) is 11.5 Å². The van der Waals surface area contributed by atoms with Crippen molar-refractivity contribution in [2.24, 2.45) is 0 Å². The van der Waals surface area contributed by atoms with Gasteiger partial charge < -0.3 is 15.0 Å². The van der Waals surface area contributed by atoms with Crippen LogP contribution < -0.4 is 5.32 Å². The van der Waals surface area contributed by atoms with Crippen LogP contribution >= 0.6 is 11.6 Å². The summed E-state index contributed by atoms with van der Waals surface area (Å²) in [6.45, 7) is 4.02. The molecule has 2 N–H and O–H groups in total. The number of benzene rings is 2. The molecule has 0 amide bonds. The first kappa shape index (κ1) is 16.3. The molecule has 0 unspecified atom stereocenters. The second-order valence-electron chi connectivity index (χ2n) is 5.43. The van der Waals surface area contributed by atoms with Gasteiger partial charge >= 0.3 is 5.97 Å². The van der Waals surface area contributed by atoms with E-state index >= 15 is 0 Å². The number of halogens is 2. The molecule has 4 nitrogen and oxygen atoms in total. The number of anilines is 2. The number of aryl methyl sites for hydroxylation is 1. The summed E-state index contributed by atoms with van der Waals surface area (Å²) in [6, 6.07) is 10.1. The van der Waals surface area contributed by atoms with Gasteiger partial charge in [0.2, 0.25) is 0 Å². The Morgan fingerprint density at radius 3 is 2.79 bits per heavy atom. The highest BCUT2D eigenvalue weighted by Gasteiger charge is 2.13. The van der Waals surface area contributed by atoms with Crippen LogP contribution in [0.2, 0.25) is 5.02 Å².